The van der Waals surface area contributed by atoms with Crippen molar-refractivity contribution < 1.29 is 4.79 Å². The van der Waals surface area contributed by atoms with Crippen LogP contribution in [0.4, 0.5) is 0 Å². The molecule has 0 radical (unpaired) electrons. The molecule has 2 aliphatic carbocycles. The second-order valence-electron chi connectivity index (χ2n) is 4.08. The van der Waals surface area contributed by atoms with Crippen molar-refractivity contribution in [1.82, 2.24) is 0 Å². The molecule has 0 saturated heterocycles. The Morgan fingerprint density at radius 3 is 3.09 bits per heavy atom. The summed E-state index contributed by atoms with van der Waals surface area (Å²) in [5.74, 6) is 0.851. The third-order valence-electron chi connectivity index (χ3n) is 3.30. The monoisotopic (exact) mass is 150 g/mol. The van der Waals surface area contributed by atoms with Crippen molar-refractivity contribution in [3.8, 4) is 0 Å². The summed E-state index contributed by atoms with van der Waals surface area (Å²) in [7, 11) is 0. The number of ketones is 1. The van der Waals surface area contributed by atoms with Gasteiger partial charge in [0.2, 0.25) is 0 Å². The molecule has 0 aromatic heterocycles. The first-order chi connectivity index (χ1) is 5.22. The van der Waals surface area contributed by atoms with E-state index >= 15 is 0 Å². The quantitative estimate of drug-likeness (QED) is 0.484. The van der Waals surface area contributed by atoms with Crippen molar-refractivity contribution in [2.75, 3.05) is 0 Å². The van der Waals surface area contributed by atoms with Crippen LogP contribution in [0, 0.1) is 11.3 Å². The zero-order valence-corrected chi connectivity index (χ0v) is 6.97. The third kappa shape index (κ3) is 0.943. The van der Waals surface area contributed by atoms with E-state index in [1.807, 2.05) is 0 Å². The summed E-state index contributed by atoms with van der Waals surface area (Å²) in [5, 5.41) is 0. The van der Waals surface area contributed by atoms with Crippen LogP contribution in [-0.2, 0) is 4.79 Å². The minimum Gasteiger partial charge on any atom is -0.299 e. The number of Topliss-reactive ketones (excluding diaryl/α,β-unsaturated/α-hetero) is 1. The first-order valence-corrected chi connectivity index (χ1v) is 4.40. The summed E-state index contributed by atoms with van der Waals surface area (Å²) in [6.07, 6.45) is 8.44. The number of carbonyl (C=O) groups is 1. The lowest BCUT2D eigenvalue weighted by molar-refractivity contribution is -0.122. The predicted molar refractivity (Wildman–Crippen MR) is 44.2 cm³/mol. The fourth-order valence-electron chi connectivity index (χ4n) is 2.39. The molecule has 1 saturated carbocycles. The van der Waals surface area contributed by atoms with E-state index in [2.05, 4.69) is 19.1 Å². The SMILES string of the molecule is C[C@]12CC=CC[C@H]1C(=O)CC2. The lowest BCUT2D eigenvalue weighted by Crippen LogP contribution is -2.26. The first kappa shape index (κ1) is 7.08. The molecule has 0 aromatic rings. The van der Waals surface area contributed by atoms with Crippen LogP contribution in [0.5, 0.6) is 0 Å². The van der Waals surface area contributed by atoms with Gasteiger partial charge in [0, 0.05) is 12.3 Å². The van der Waals surface area contributed by atoms with Gasteiger partial charge in [0.25, 0.3) is 0 Å². The maximum atomic E-state index is 11.4. The third-order valence-corrected chi connectivity index (χ3v) is 3.30. The minimum atomic E-state index is 0.325. The van der Waals surface area contributed by atoms with E-state index in [1.54, 1.807) is 0 Å². The van der Waals surface area contributed by atoms with E-state index in [4.69, 9.17) is 0 Å². The molecule has 0 N–H and O–H groups in total. The first-order valence-electron chi connectivity index (χ1n) is 4.40. The molecule has 0 amide bonds. The Kier molecular flexibility index (Phi) is 1.41. The molecular formula is C10H14O. The number of allylic oxidation sites excluding steroid dienone is 2. The highest BCUT2D eigenvalue weighted by Crippen LogP contribution is 2.47. The molecule has 0 unspecified atom stereocenters. The van der Waals surface area contributed by atoms with Crippen LogP contribution in [-0.4, -0.2) is 5.78 Å². The lowest BCUT2D eigenvalue weighted by Gasteiger charge is -2.31. The maximum Gasteiger partial charge on any atom is 0.136 e. The molecule has 60 valence electrons. The Balaban J connectivity index is 2.29. The van der Waals surface area contributed by atoms with Crippen LogP contribution in [0.25, 0.3) is 0 Å². The zero-order valence-electron chi connectivity index (χ0n) is 6.97. The molecule has 1 fully saturated rings. The summed E-state index contributed by atoms with van der Waals surface area (Å²) in [4.78, 5) is 11.4. The van der Waals surface area contributed by atoms with Crippen molar-refractivity contribution in [2.24, 2.45) is 11.3 Å². The average molecular weight is 150 g/mol. The molecule has 0 aliphatic heterocycles. The molecule has 0 heterocycles. The second-order valence-corrected chi connectivity index (χ2v) is 4.08. The van der Waals surface area contributed by atoms with E-state index in [9.17, 15) is 4.79 Å². The number of rotatable bonds is 0. The van der Waals surface area contributed by atoms with Gasteiger partial charge >= 0.3 is 0 Å². The Labute approximate surface area is 67.5 Å². The van der Waals surface area contributed by atoms with Gasteiger partial charge < -0.3 is 0 Å². The molecule has 0 spiro atoms. The van der Waals surface area contributed by atoms with Gasteiger partial charge in [-0.05, 0) is 24.7 Å². The molecule has 2 rings (SSSR count). The Bertz CT molecular complexity index is 217. The molecule has 2 atom stereocenters. The molecule has 1 nitrogen and oxygen atoms in total. The van der Waals surface area contributed by atoms with Gasteiger partial charge in [0.15, 0.2) is 0 Å². The summed E-state index contributed by atoms with van der Waals surface area (Å²) >= 11 is 0. The van der Waals surface area contributed by atoms with E-state index in [0.29, 0.717) is 17.1 Å². The topological polar surface area (TPSA) is 17.1 Å². The standard InChI is InChI=1S/C10H14O/c1-10-6-3-2-4-8(10)9(11)5-7-10/h2-3,8H,4-7H2,1H3/t8-,10+/m0/s1. The van der Waals surface area contributed by atoms with E-state index in [-0.39, 0.29) is 0 Å². The molecule has 1 heteroatoms. The minimum absolute atomic E-state index is 0.325. The van der Waals surface area contributed by atoms with Crippen LogP contribution in [0.1, 0.15) is 32.6 Å². The van der Waals surface area contributed by atoms with E-state index in [1.165, 1.54) is 0 Å². The Morgan fingerprint density at radius 2 is 2.36 bits per heavy atom. The molecule has 11 heavy (non-hydrogen) atoms. The number of hydrogen-bond acceptors (Lipinski definition) is 1. The number of hydrogen-bond donors (Lipinski definition) is 0. The van der Waals surface area contributed by atoms with E-state index in [0.717, 1.165) is 25.7 Å². The highest BCUT2D eigenvalue weighted by atomic mass is 16.1. The van der Waals surface area contributed by atoms with Gasteiger partial charge in [-0.3, -0.25) is 4.79 Å². The normalized spacial score (nSPS) is 42.6. The van der Waals surface area contributed by atoms with Gasteiger partial charge in [0.1, 0.15) is 5.78 Å². The second kappa shape index (κ2) is 2.20. The highest BCUT2D eigenvalue weighted by Gasteiger charge is 2.43. The molecule has 2 aliphatic rings. The fourth-order valence-corrected chi connectivity index (χ4v) is 2.39. The van der Waals surface area contributed by atoms with E-state index < -0.39 is 0 Å². The largest absolute Gasteiger partial charge is 0.299 e. The summed E-state index contributed by atoms with van der Waals surface area (Å²) in [6, 6.07) is 0. The molecule has 0 aromatic carbocycles. The Hall–Kier alpha value is -0.590. The summed E-state index contributed by atoms with van der Waals surface area (Å²) in [6.45, 7) is 2.26. The van der Waals surface area contributed by atoms with Crippen molar-refractivity contribution >= 4 is 5.78 Å². The van der Waals surface area contributed by atoms with Crippen LogP contribution in [0.2, 0.25) is 0 Å². The molecule has 0 bridgehead atoms. The summed E-state index contributed by atoms with van der Waals surface area (Å²) < 4.78 is 0. The number of fused-ring (bicyclic) bond motifs is 1. The lowest BCUT2D eigenvalue weighted by atomic mass is 9.72. The zero-order chi connectivity index (χ0) is 7.90. The average Bonchev–Trinajstić information content (AvgIpc) is 2.29. The van der Waals surface area contributed by atoms with Crippen molar-refractivity contribution in [3.63, 3.8) is 0 Å². The van der Waals surface area contributed by atoms with Crippen LogP contribution in [0.15, 0.2) is 12.2 Å². The van der Waals surface area contributed by atoms with Crippen molar-refractivity contribution in [1.29, 1.82) is 0 Å². The Morgan fingerprint density at radius 1 is 1.55 bits per heavy atom. The smallest absolute Gasteiger partial charge is 0.136 e. The van der Waals surface area contributed by atoms with Crippen molar-refractivity contribution in [3.05, 3.63) is 12.2 Å². The highest BCUT2D eigenvalue weighted by molar-refractivity contribution is 5.84. The number of carbonyl (C=O) groups excluding carboxylic acids is 1. The van der Waals surface area contributed by atoms with Gasteiger partial charge in [-0.2, -0.15) is 0 Å². The van der Waals surface area contributed by atoms with Crippen molar-refractivity contribution in [2.45, 2.75) is 32.6 Å². The maximum absolute atomic E-state index is 11.4. The summed E-state index contributed by atoms with van der Waals surface area (Å²) in [5.41, 5.74) is 0.325. The van der Waals surface area contributed by atoms with Gasteiger partial charge in [-0.15, -0.1) is 0 Å². The predicted octanol–water partition coefficient (Wildman–Crippen LogP) is 2.32. The fraction of sp³-hybridized carbons (Fsp3) is 0.700. The van der Waals surface area contributed by atoms with Gasteiger partial charge in [-0.1, -0.05) is 19.1 Å². The van der Waals surface area contributed by atoms with Gasteiger partial charge in [0.05, 0.1) is 0 Å². The molecular weight excluding hydrogens is 136 g/mol. The van der Waals surface area contributed by atoms with Crippen LogP contribution in [0.3, 0.4) is 0 Å². The van der Waals surface area contributed by atoms with Crippen LogP contribution < -0.4 is 0 Å². The van der Waals surface area contributed by atoms with Crippen LogP contribution >= 0.6 is 0 Å². The van der Waals surface area contributed by atoms with Gasteiger partial charge in [-0.25, -0.2) is 0 Å².